The zero-order chi connectivity index (χ0) is 25.1. The summed E-state index contributed by atoms with van der Waals surface area (Å²) in [6, 6.07) is 22.5. The molecule has 0 bridgehead atoms. The Morgan fingerprint density at radius 1 is 1.00 bits per heavy atom. The van der Waals surface area contributed by atoms with Gasteiger partial charge in [0.15, 0.2) is 0 Å². The third kappa shape index (κ3) is 4.92. The van der Waals surface area contributed by atoms with Gasteiger partial charge in [-0.05, 0) is 72.7 Å². The lowest BCUT2D eigenvalue weighted by Gasteiger charge is -2.31. The normalized spacial score (nSPS) is 16.8. The molecular formula is C30H27N3O3. The number of hydrogen-bond donors (Lipinski definition) is 2. The number of carboxylic acid groups (broad SMARTS) is 1. The molecule has 36 heavy (non-hydrogen) atoms. The number of aromatic nitrogens is 1. The molecule has 2 fully saturated rings. The van der Waals surface area contributed by atoms with E-state index in [4.69, 9.17) is 0 Å². The monoisotopic (exact) mass is 477 g/mol. The van der Waals surface area contributed by atoms with Crippen LogP contribution in [0.2, 0.25) is 0 Å². The van der Waals surface area contributed by atoms with Crippen molar-refractivity contribution >= 4 is 18.0 Å². The Labute approximate surface area is 210 Å². The molecule has 0 radical (unpaired) electrons. The lowest BCUT2D eigenvalue weighted by Crippen LogP contribution is -2.44. The lowest BCUT2D eigenvalue weighted by molar-refractivity contribution is -0.119. The van der Waals surface area contributed by atoms with Crippen molar-refractivity contribution in [2.24, 2.45) is 0 Å². The minimum Gasteiger partial charge on any atom is -0.478 e. The third-order valence-corrected chi connectivity index (χ3v) is 7.14. The van der Waals surface area contributed by atoms with Crippen LogP contribution in [0.25, 0.3) is 17.2 Å². The number of amides is 1. The molecule has 0 aliphatic heterocycles. The molecule has 180 valence electrons. The predicted molar refractivity (Wildman–Crippen MR) is 137 cm³/mol. The molecule has 2 aromatic carbocycles. The number of carbonyl (C=O) groups excluding carboxylic acids is 1. The maximum Gasteiger partial charge on any atom is 0.335 e. The molecule has 6 heteroatoms. The molecular weight excluding hydrogens is 450 g/mol. The van der Waals surface area contributed by atoms with Gasteiger partial charge in [0.2, 0.25) is 0 Å². The molecule has 2 aliphatic rings. The Morgan fingerprint density at radius 2 is 1.72 bits per heavy atom. The van der Waals surface area contributed by atoms with E-state index in [0.717, 1.165) is 60.9 Å². The van der Waals surface area contributed by atoms with Crippen LogP contribution in [0.15, 0.2) is 72.3 Å². The van der Waals surface area contributed by atoms with Gasteiger partial charge in [0.1, 0.15) is 11.6 Å². The summed E-state index contributed by atoms with van der Waals surface area (Å²) in [7, 11) is 0. The van der Waals surface area contributed by atoms with Crippen molar-refractivity contribution in [1.82, 2.24) is 10.3 Å². The van der Waals surface area contributed by atoms with E-state index in [9.17, 15) is 20.0 Å². The van der Waals surface area contributed by atoms with E-state index in [-0.39, 0.29) is 11.1 Å². The number of rotatable bonds is 7. The molecule has 5 rings (SSSR count). The van der Waals surface area contributed by atoms with Crippen molar-refractivity contribution in [3.63, 3.8) is 0 Å². The summed E-state index contributed by atoms with van der Waals surface area (Å²) >= 11 is 0. The number of pyridine rings is 1. The highest BCUT2D eigenvalue weighted by Crippen LogP contribution is 2.40. The first-order valence-electron chi connectivity index (χ1n) is 12.3. The number of carbonyl (C=O) groups is 2. The smallest absolute Gasteiger partial charge is 0.335 e. The van der Waals surface area contributed by atoms with Gasteiger partial charge in [-0.3, -0.25) is 9.78 Å². The van der Waals surface area contributed by atoms with Crippen molar-refractivity contribution in [1.29, 1.82) is 5.26 Å². The van der Waals surface area contributed by atoms with Crippen LogP contribution in [-0.4, -0.2) is 22.0 Å². The first kappa shape index (κ1) is 23.5. The molecule has 0 atom stereocenters. The van der Waals surface area contributed by atoms with Crippen LogP contribution in [-0.2, 0) is 10.3 Å². The van der Waals surface area contributed by atoms with Crippen LogP contribution in [0.4, 0.5) is 0 Å². The number of carboxylic acids is 1. The van der Waals surface area contributed by atoms with Crippen LogP contribution >= 0.6 is 0 Å². The summed E-state index contributed by atoms with van der Waals surface area (Å²) in [6.07, 6.45) is 7.40. The van der Waals surface area contributed by atoms with Gasteiger partial charge in [0.05, 0.1) is 16.8 Å². The summed E-state index contributed by atoms with van der Waals surface area (Å²) < 4.78 is 0. The molecule has 0 saturated heterocycles. The molecule has 0 unspecified atom stereocenters. The first-order valence-corrected chi connectivity index (χ1v) is 12.3. The van der Waals surface area contributed by atoms with Crippen LogP contribution in [0.5, 0.6) is 0 Å². The highest BCUT2D eigenvalue weighted by Gasteiger charge is 2.37. The van der Waals surface area contributed by atoms with E-state index < -0.39 is 17.4 Å². The number of benzene rings is 2. The van der Waals surface area contributed by atoms with Gasteiger partial charge in [-0.15, -0.1) is 0 Å². The van der Waals surface area contributed by atoms with Crippen LogP contribution in [0.3, 0.4) is 0 Å². The quantitative estimate of drug-likeness (QED) is 0.330. The molecule has 6 nitrogen and oxygen atoms in total. The van der Waals surface area contributed by atoms with Gasteiger partial charge in [0.25, 0.3) is 5.91 Å². The van der Waals surface area contributed by atoms with E-state index in [1.165, 1.54) is 0 Å². The third-order valence-electron chi connectivity index (χ3n) is 7.14. The first-order chi connectivity index (χ1) is 17.5. The number of hydrogen-bond acceptors (Lipinski definition) is 4. The molecule has 1 aromatic heterocycles. The van der Waals surface area contributed by atoms with Crippen LogP contribution in [0.1, 0.15) is 71.8 Å². The van der Waals surface area contributed by atoms with Gasteiger partial charge in [-0.25, -0.2) is 4.79 Å². The maximum absolute atomic E-state index is 13.2. The second kappa shape index (κ2) is 9.79. The highest BCUT2D eigenvalue weighted by atomic mass is 16.4. The minimum atomic E-state index is -0.961. The van der Waals surface area contributed by atoms with E-state index in [1.807, 2.05) is 48.5 Å². The summed E-state index contributed by atoms with van der Waals surface area (Å²) in [6.45, 7) is 0. The zero-order valence-corrected chi connectivity index (χ0v) is 19.9. The Balaban J connectivity index is 1.38. The van der Waals surface area contributed by atoms with E-state index in [1.54, 1.807) is 24.3 Å². The fourth-order valence-electron chi connectivity index (χ4n) is 5.01. The Hall–Kier alpha value is -4.24. The van der Waals surface area contributed by atoms with Crippen molar-refractivity contribution in [2.45, 2.75) is 50.0 Å². The number of nitrogens with one attached hydrogen (secondary N) is 1. The number of aromatic carboxylic acids is 1. The van der Waals surface area contributed by atoms with Crippen molar-refractivity contribution < 1.29 is 14.7 Å². The fourth-order valence-corrected chi connectivity index (χ4v) is 5.01. The topological polar surface area (TPSA) is 103 Å². The number of nitrogens with zero attached hydrogens (tertiary/aromatic N) is 2. The van der Waals surface area contributed by atoms with E-state index >= 15 is 0 Å². The van der Waals surface area contributed by atoms with Crippen molar-refractivity contribution in [3.8, 4) is 17.2 Å². The molecule has 0 spiro atoms. The van der Waals surface area contributed by atoms with Gasteiger partial charge >= 0.3 is 5.97 Å². The Bertz CT molecular complexity index is 1380. The van der Waals surface area contributed by atoms with Crippen molar-refractivity contribution in [2.75, 3.05) is 0 Å². The minimum absolute atomic E-state index is 0.0452. The number of nitriles is 1. The molecule has 2 aliphatic carbocycles. The lowest BCUT2D eigenvalue weighted by atomic mass is 9.86. The van der Waals surface area contributed by atoms with Gasteiger partial charge in [0, 0.05) is 11.6 Å². The summed E-state index contributed by atoms with van der Waals surface area (Å²) in [5.74, 6) is -0.859. The molecule has 1 amide bonds. The Morgan fingerprint density at radius 3 is 2.39 bits per heavy atom. The molecule has 2 saturated carbocycles. The second-order valence-electron chi connectivity index (χ2n) is 9.64. The Kier molecular flexibility index (Phi) is 6.39. The molecule has 2 N–H and O–H groups in total. The largest absolute Gasteiger partial charge is 0.478 e. The predicted octanol–water partition coefficient (Wildman–Crippen LogP) is 5.82. The average molecular weight is 478 g/mol. The highest BCUT2D eigenvalue weighted by molar-refractivity contribution is 6.02. The maximum atomic E-state index is 13.2. The van der Waals surface area contributed by atoms with Gasteiger partial charge in [-0.2, -0.15) is 5.26 Å². The van der Waals surface area contributed by atoms with E-state index in [0.29, 0.717) is 11.6 Å². The summed E-state index contributed by atoms with van der Waals surface area (Å²) in [4.78, 5) is 29.2. The molecule has 3 aromatic rings. The summed E-state index contributed by atoms with van der Waals surface area (Å²) in [5, 5.41) is 22.2. The van der Waals surface area contributed by atoms with Crippen LogP contribution < -0.4 is 5.32 Å². The zero-order valence-electron chi connectivity index (χ0n) is 19.9. The summed E-state index contributed by atoms with van der Waals surface area (Å²) in [5.41, 5.74) is 4.09. The fraction of sp³-hybridized carbons (Fsp3) is 0.267. The SMILES string of the molecule is N#C/C(=C\c1cccc(C2CC2)n1)C(=O)NC1(c2ccc(-c3cccc(C(=O)O)c3)cc2)CCCC1. The van der Waals surface area contributed by atoms with Gasteiger partial charge < -0.3 is 10.4 Å². The molecule has 1 heterocycles. The van der Waals surface area contributed by atoms with Gasteiger partial charge in [-0.1, -0.05) is 55.3 Å². The van der Waals surface area contributed by atoms with Crippen molar-refractivity contribution in [3.05, 3.63) is 94.8 Å². The average Bonchev–Trinajstić information content (AvgIpc) is 3.66. The second-order valence-corrected chi connectivity index (χ2v) is 9.64. The van der Waals surface area contributed by atoms with E-state index in [2.05, 4.69) is 16.4 Å². The standard InChI is InChI=1S/C30H27N3O3/c31-19-24(18-26-7-4-8-27(32-26)21-9-10-21)28(34)33-30(15-1-2-16-30)25-13-11-20(12-14-25)22-5-3-6-23(17-22)29(35)36/h3-8,11-14,17-18,21H,1-2,9-10,15-16H2,(H,33,34)(H,35,36)/b24-18+. The van der Waals surface area contributed by atoms with Crippen LogP contribution in [0, 0.1) is 11.3 Å².